The zero-order valence-electron chi connectivity index (χ0n) is 20.5. The predicted molar refractivity (Wildman–Crippen MR) is 127 cm³/mol. The quantitative estimate of drug-likeness (QED) is 0.699. The molecule has 0 aromatic carbocycles. The van der Waals surface area contributed by atoms with Crippen molar-refractivity contribution in [3.8, 4) is 0 Å². The molecular formula is C24H38N6O2. The molecule has 2 aromatic heterocycles. The van der Waals surface area contributed by atoms with Gasteiger partial charge in [-0.1, -0.05) is 27.7 Å². The fourth-order valence-electron chi connectivity index (χ4n) is 3.99. The smallest absolute Gasteiger partial charge is 0.225 e. The van der Waals surface area contributed by atoms with E-state index in [0.29, 0.717) is 0 Å². The molecule has 6 rings (SSSR count). The highest BCUT2D eigenvalue weighted by molar-refractivity contribution is 5.42. The monoisotopic (exact) mass is 442 g/mol. The molecule has 0 radical (unpaired) electrons. The van der Waals surface area contributed by atoms with E-state index >= 15 is 0 Å². The molecule has 8 heteroatoms. The van der Waals surface area contributed by atoms with Crippen LogP contribution in [0, 0.1) is 13.8 Å². The molecule has 0 atom stereocenters. The largest absolute Gasteiger partial charge is 0.376 e. The summed E-state index contributed by atoms with van der Waals surface area (Å²) in [6, 6.07) is 0. The number of ether oxygens (including phenoxy) is 2. The molecular weight excluding hydrogens is 404 g/mol. The summed E-state index contributed by atoms with van der Waals surface area (Å²) in [6.45, 7) is 17.6. The number of aromatic nitrogens is 4. The van der Waals surface area contributed by atoms with Crippen molar-refractivity contribution in [1.29, 1.82) is 0 Å². The molecule has 6 heterocycles. The van der Waals surface area contributed by atoms with Crippen LogP contribution in [0.2, 0.25) is 0 Å². The Bertz CT molecular complexity index is 821. The summed E-state index contributed by atoms with van der Waals surface area (Å²) in [5, 5.41) is 0. The fourth-order valence-corrected chi connectivity index (χ4v) is 3.99. The molecule has 0 unspecified atom stereocenters. The van der Waals surface area contributed by atoms with E-state index in [1.165, 1.54) is 12.8 Å². The van der Waals surface area contributed by atoms with Crippen LogP contribution in [-0.4, -0.2) is 70.5 Å². The molecule has 0 bridgehead atoms. The highest BCUT2D eigenvalue weighted by atomic mass is 16.5. The Kier molecular flexibility index (Phi) is 8.00. The number of rotatable bonds is 2. The van der Waals surface area contributed by atoms with Crippen molar-refractivity contribution in [2.75, 3.05) is 49.3 Å². The minimum Gasteiger partial charge on any atom is -0.376 e. The lowest BCUT2D eigenvalue weighted by molar-refractivity contribution is -0.161. The molecule has 8 nitrogen and oxygen atoms in total. The van der Waals surface area contributed by atoms with E-state index in [0.717, 1.165) is 62.5 Å². The van der Waals surface area contributed by atoms with Crippen LogP contribution in [0.3, 0.4) is 0 Å². The maximum atomic E-state index is 5.53. The van der Waals surface area contributed by atoms with Gasteiger partial charge in [-0.25, -0.2) is 19.9 Å². The van der Waals surface area contributed by atoms with Crippen molar-refractivity contribution in [2.45, 2.75) is 65.5 Å². The number of anilines is 2. The molecule has 0 N–H and O–H groups in total. The van der Waals surface area contributed by atoms with Crippen LogP contribution in [-0.2, 0) is 9.47 Å². The topological polar surface area (TPSA) is 76.5 Å². The second kappa shape index (κ2) is 10.5. The van der Waals surface area contributed by atoms with Gasteiger partial charge in [0, 0.05) is 37.8 Å². The molecule has 4 saturated heterocycles. The van der Waals surface area contributed by atoms with Crippen LogP contribution >= 0.6 is 0 Å². The Hall–Kier alpha value is -2.32. The highest BCUT2D eigenvalue weighted by Crippen LogP contribution is 2.39. The maximum absolute atomic E-state index is 5.53. The van der Waals surface area contributed by atoms with E-state index < -0.39 is 0 Å². The van der Waals surface area contributed by atoms with Crippen LogP contribution in [0.15, 0.2) is 24.8 Å². The maximum Gasteiger partial charge on any atom is 0.225 e. The number of nitrogens with zero attached hydrogens (tertiary/aromatic N) is 6. The van der Waals surface area contributed by atoms with E-state index in [4.69, 9.17) is 9.47 Å². The predicted octanol–water partition coefficient (Wildman–Crippen LogP) is 3.58. The molecule has 4 aliphatic rings. The SMILES string of the molecule is CC.CC.Cc1cnc(N2CC3(CCO3)C2)nc1.Cc1cnc(N2CCC23COC3)nc1. The molecule has 0 aliphatic carbocycles. The average molecular weight is 443 g/mol. The summed E-state index contributed by atoms with van der Waals surface area (Å²) in [4.78, 5) is 21.7. The summed E-state index contributed by atoms with van der Waals surface area (Å²) >= 11 is 0. The van der Waals surface area contributed by atoms with E-state index in [9.17, 15) is 0 Å². The molecule has 32 heavy (non-hydrogen) atoms. The number of aryl methyl sites for hydroxylation is 2. The van der Waals surface area contributed by atoms with E-state index in [-0.39, 0.29) is 11.1 Å². The van der Waals surface area contributed by atoms with Crippen molar-refractivity contribution in [2.24, 2.45) is 0 Å². The first-order valence-corrected chi connectivity index (χ1v) is 11.9. The standard InChI is InChI=1S/2C10H13N3O.2C2H6/c1-8-4-11-9(12-5-8)13-6-10(7-13)2-3-14-10;1-8-4-11-9(12-5-8)13-3-2-10(13)6-14-7-10;2*1-2/h2*4-5H,2-3,6-7H2,1H3;2*1-2H3. The molecule has 4 aliphatic heterocycles. The van der Waals surface area contributed by atoms with Gasteiger partial charge in [-0.05, 0) is 31.4 Å². The van der Waals surface area contributed by atoms with Crippen molar-refractivity contribution in [3.63, 3.8) is 0 Å². The first-order valence-electron chi connectivity index (χ1n) is 11.9. The highest BCUT2D eigenvalue weighted by Gasteiger charge is 2.52. The molecule has 2 spiro atoms. The van der Waals surface area contributed by atoms with Gasteiger partial charge in [-0.3, -0.25) is 0 Å². The van der Waals surface area contributed by atoms with Gasteiger partial charge in [0.05, 0.1) is 38.4 Å². The van der Waals surface area contributed by atoms with Gasteiger partial charge in [-0.15, -0.1) is 0 Å². The second-order valence-corrected chi connectivity index (χ2v) is 8.38. The van der Waals surface area contributed by atoms with Crippen LogP contribution in [0.1, 0.15) is 51.7 Å². The summed E-state index contributed by atoms with van der Waals surface area (Å²) < 4.78 is 10.8. The van der Waals surface area contributed by atoms with Gasteiger partial charge in [0.25, 0.3) is 0 Å². The summed E-state index contributed by atoms with van der Waals surface area (Å²) in [6.07, 6.45) is 9.85. The number of hydrogen-bond donors (Lipinski definition) is 0. The Balaban J connectivity index is 0.000000157. The van der Waals surface area contributed by atoms with Crippen LogP contribution in [0.25, 0.3) is 0 Å². The van der Waals surface area contributed by atoms with Crippen molar-refractivity contribution in [3.05, 3.63) is 35.9 Å². The third kappa shape index (κ3) is 4.86. The molecule has 176 valence electrons. The average Bonchev–Trinajstić information content (AvgIpc) is 2.71. The van der Waals surface area contributed by atoms with Gasteiger partial charge in [0.1, 0.15) is 5.60 Å². The third-order valence-electron chi connectivity index (χ3n) is 6.10. The molecule has 2 aromatic rings. The third-order valence-corrected chi connectivity index (χ3v) is 6.10. The summed E-state index contributed by atoms with van der Waals surface area (Å²) in [5.74, 6) is 1.68. The first-order chi connectivity index (χ1) is 15.6. The lowest BCUT2D eigenvalue weighted by atomic mass is 9.83. The lowest BCUT2D eigenvalue weighted by Crippen LogP contribution is -2.71. The van der Waals surface area contributed by atoms with Gasteiger partial charge in [-0.2, -0.15) is 0 Å². The zero-order chi connectivity index (χ0) is 23.2. The summed E-state index contributed by atoms with van der Waals surface area (Å²) in [7, 11) is 0. The van der Waals surface area contributed by atoms with Crippen LogP contribution in [0.5, 0.6) is 0 Å². The van der Waals surface area contributed by atoms with Crippen molar-refractivity contribution < 1.29 is 9.47 Å². The van der Waals surface area contributed by atoms with E-state index in [1.807, 2.05) is 66.3 Å². The minimum absolute atomic E-state index is 0.161. The van der Waals surface area contributed by atoms with Gasteiger partial charge >= 0.3 is 0 Å². The van der Waals surface area contributed by atoms with Crippen molar-refractivity contribution in [1.82, 2.24) is 19.9 Å². The Morgan fingerprint density at radius 1 is 0.781 bits per heavy atom. The van der Waals surface area contributed by atoms with Crippen molar-refractivity contribution >= 4 is 11.9 Å². The van der Waals surface area contributed by atoms with E-state index in [2.05, 4.69) is 29.7 Å². The van der Waals surface area contributed by atoms with Gasteiger partial charge in [0.2, 0.25) is 11.9 Å². The van der Waals surface area contributed by atoms with Gasteiger partial charge < -0.3 is 19.3 Å². The fraction of sp³-hybridized carbons (Fsp3) is 0.667. The Labute approximate surface area is 192 Å². The lowest BCUT2D eigenvalue weighted by Gasteiger charge is -2.57. The van der Waals surface area contributed by atoms with E-state index in [1.54, 1.807) is 0 Å². The summed E-state index contributed by atoms with van der Waals surface area (Å²) in [5.41, 5.74) is 2.61. The first kappa shape index (κ1) is 24.3. The Morgan fingerprint density at radius 2 is 1.28 bits per heavy atom. The number of hydrogen-bond acceptors (Lipinski definition) is 8. The molecule has 0 amide bonds. The minimum atomic E-state index is 0.161. The van der Waals surface area contributed by atoms with Crippen LogP contribution in [0.4, 0.5) is 11.9 Å². The zero-order valence-corrected chi connectivity index (χ0v) is 20.5. The Morgan fingerprint density at radius 3 is 1.62 bits per heavy atom. The van der Waals surface area contributed by atoms with Crippen LogP contribution < -0.4 is 9.80 Å². The molecule has 0 saturated carbocycles. The normalized spacial score (nSPS) is 20.6. The van der Waals surface area contributed by atoms with Gasteiger partial charge in [0.15, 0.2) is 0 Å². The second-order valence-electron chi connectivity index (χ2n) is 8.38. The molecule has 4 fully saturated rings.